The Morgan fingerprint density at radius 2 is 2.00 bits per heavy atom. The summed E-state index contributed by atoms with van der Waals surface area (Å²) in [6.07, 6.45) is 1.07. The van der Waals surface area contributed by atoms with Gasteiger partial charge in [-0.25, -0.2) is 4.98 Å². The van der Waals surface area contributed by atoms with E-state index in [1.165, 1.54) is 0 Å². The molecule has 0 spiro atoms. The molecule has 0 bridgehead atoms. The fraction of sp³-hybridized carbons (Fsp3) is 0.235. The molecule has 21 heavy (non-hydrogen) atoms. The van der Waals surface area contributed by atoms with Gasteiger partial charge in [0, 0.05) is 22.3 Å². The number of nitrogens with zero attached hydrogens (tertiary/aromatic N) is 2. The van der Waals surface area contributed by atoms with Crippen LogP contribution in [-0.2, 0) is 6.54 Å². The third kappa shape index (κ3) is 2.56. The standard InChI is InChI=1S/C17H18BrN3/c1-3-8-21-16-7-6-13(18)10-15(16)20-17(21)12-5-4-11(2)14(19)9-12/h4-7,9-10H,3,8,19H2,1-2H3. The minimum absolute atomic E-state index is 0.809. The molecule has 0 aliphatic rings. The number of rotatable bonds is 3. The maximum Gasteiger partial charge on any atom is 0.141 e. The third-order valence-corrected chi connectivity index (χ3v) is 4.19. The highest BCUT2D eigenvalue weighted by Gasteiger charge is 2.13. The number of hydrogen-bond donors (Lipinski definition) is 1. The van der Waals surface area contributed by atoms with E-state index in [4.69, 9.17) is 10.7 Å². The van der Waals surface area contributed by atoms with Crippen LogP contribution in [0.3, 0.4) is 0 Å². The average Bonchev–Trinajstić information content (AvgIpc) is 2.80. The molecule has 0 unspecified atom stereocenters. The minimum atomic E-state index is 0.809. The van der Waals surface area contributed by atoms with Crippen LogP contribution in [0.5, 0.6) is 0 Å². The summed E-state index contributed by atoms with van der Waals surface area (Å²) in [6, 6.07) is 12.4. The number of aryl methyl sites for hydroxylation is 2. The Bertz CT molecular complexity index is 805. The molecule has 3 aromatic rings. The molecule has 3 nitrogen and oxygen atoms in total. The van der Waals surface area contributed by atoms with Gasteiger partial charge in [0.05, 0.1) is 11.0 Å². The van der Waals surface area contributed by atoms with Crippen LogP contribution in [0.25, 0.3) is 22.4 Å². The van der Waals surface area contributed by atoms with Gasteiger partial charge in [0.25, 0.3) is 0 Å². The molecule has 1 aromatic heterocycles. The number of fused-ring (bicyclic) bond motifs is 1. The largest absolute Gasteiger partial charge is 0.398 e. The first kappa shape index (κ1) is 14.1. The molecule has 0 saturated heterocycles. The van der Waals surface area contributed by atoms with E-state index < -0.39 is 0 Å². The van der Waals surface area contributed by atoms with E-state index >= 15 is 0 Å². The van der Waals surface area contributed by atoms with Crippen molar-refractivity contribution in [1.82, 2.24) is 9.55 Å². The van der Waals surface area contributed by atoms with Crippen molar-refractivity contribution in [3.05, 3.63) is 46.4 Å². The van der Waals surface area contributed by atoms with Gasteiger partial charge in [-0.15, -0.1) is 0 Å². The van der Waals surface area contributed by atoms with Crippen molar-refractivity contribution < 1.29 is 0 Å². The number of imidazole rings is 1. The van der Waals surface area contributed by atoms with Crippen molar-refractivity contribution >= 4 is 32.7 Å². The van der Waals surface area contributed by atoms with Crippen LogP contribution in [-0.4, -0.2) is 9.55 Å². The Balaban J connectivity index is 2.24. The Morgan fingerprint density at radius 3 is 2.71 bits per heavy atom. The molecule has 1 heterocycles. The van der Waals surface area contributed by atoms with E-state index in [1.807, 2.05) is 13.0 Å². The van der Waals surface area contributed by atoms with Gasteiger partial charge in [-0.1, -0.05) is 35.0 Å². The summed E-state index contributed by atoms with van der Waals surface area (Å²) in [5.41, 5.74) is 11.2. The van der Waals surface area contributed by atoms with E-state index in [9.17, 15) is 0 Å². The van der Waals surface area contributed by atoms with Crippen LogP contribution in [0.1, 0.15) is 18.9 Å². The molecular formula is C17H18BrN3. The molecule has 0 atom stereocenters. The van der Waals surface area contributed by atoms with Crippen molar-refractivity contribution in [3.8, 4) is 11.4 Å². The Labute approximate surface area is 132 Å². The molecule has 0 saturated carbocycles. The van der Waals surface area contributed by atoms with Crippen LogP contribution < -0.4 is 5.73 Å². The summed E-state index contributed by atoms with van der Waals surface area (Å²) < 4.78 is 3.32. The number of nitrogens with two attached hydrogens (primary N) is 1. The van der Waals surface area contributed by atoms with Gasteiger partial charge >= 0.3 is 0 Å². The number of nitrogen functional groups attached to an aromatic ring is 1. The number of anilines is 1. The van der Waals surface area contributed by atoms with Crippen molar-refractivity contribution in [2.75, 3.05) is 5.73 Å². The van der Waals surface area contributed by atoms with Gasteiger partial charge in [0.1, 0.15) is 5.82 Å². The van der Waals surface area contributed by atoms with Gasteiger partial charge < -0.3 is 10.3 Å². The van der Waals surface area contributed by atoms with E-state index in [2.05, 4.69) is 57.8 Å². The molecule has 0 aliphatic heterocycles. The molecule has 4 heteroatoms. The topological polar surface area (TPSA) is 43.8 Å². The molecule has 0 radical (unpaired) electrons. The lowest BCUT2D eigenvalue weighted by Gasteiger charge is -2.09. The minimum Gasteiger partial charge on any atom is -0.398 e. The first-order chi connectivity index (χ1) is 10.1. The van der Waals surface area contributed by atoms with Crippen molar-refractivity contribution in [1.29, 1.82) is 0 Å². The van der Waals surface area contributed by atoms with Crippen molar-refractivity contribution in [2.45, 2.75) is 26.8 Å². The smallest absolute Gasteiger partial charge is 0.141 e. The summed E-state index contributed by atoms with van der Waals surface area (Å²) in [6.45, 7) is 5.14. The maximum absolute atomic E-state index is 6.06. The fourth-order valence-electron chi connectivity index (χ4n) is 2.55. The van der Waals surface area contributed by atoms with Crippen molar-refractivity contribution in [2.24, 2.45) is 0 Å². The SMILES string of the molecule is CCCn1c(-c2ccc(C)c(N)c2)nc2cc(Br)ccc21. The molecule has 2 aromatic carbocycles. The summed E-state index contributed by atoms with van der Waals surface area (Å²) in [5.74, 6) is 0.983. The Kier molecular flexibility index (Phi) is 3.72. The molecule has 2 N–H and O–H groups in total. The molecule has 0 fully saturated rings. The zero-order valence-electron chi connectivity index (χ0n) is 12.2. The van der Waals surface area contributed by atoms with Crippen LogP contribution in [0.15, 0.2) is 40.9 Å². The van der Waals surface area contributed by atoms with E-state index in [-0.39, 0.29) is 0 Å². The number of benzene rings is 2. The Morgan fingerprint density at radius 1 is 1.19 bits per heavy atom. The maximum atomic E-state index is 6.06. The summed E-state index contributed by atoms with van der Waals surface area (Å²) in [4.78, 5) is 4.81. The zero-order valence-corrected chi connectivity index (χ0v) is 13.8. The zero-order chi connectivity index (χ0) is 15.0. The summed E-state index contributed by atoms with van der Waals surface area (Å²) in [5, 5.41) is 0. The molecule has 0 amide bonds. The fourth-order valence-corrected chi connectivity index (χ4v) is 2.90. The van der Waals surface area contributed by atoms with Gasteiger partial charge in [-0.3, -0.25) is 0 Å². The lowest BCUT2D eigenvalue weighted by atomic mass is 10.1. The van der Waals surface area contributed by atoms with Crippen LogP contribution in [0.2, 0.25) is 0 Å². The first-order valence-corrected chi connectivity index (χ1v) is 7.91. The lowest BCUT2D eigenvalue weighted by Crippen LogP contribution is -2.00. The molecule has 0 aliphatic carbocycles. The van der Waals surface area contributed by atoms with Crippen LogP contribution >= 0.6 is 15.9 Å². The monoisotopic (exact) mass is 343 g/mol. The van der Waals surface area contributed by atoms with E-state index in [0.717, 1.165) is 51.1 Å². The van der Waals surface area contributed by atoms with Gasteiger partial charge in [-0.05, 0) is 43.2 Å². The predicted molar refractivity (Wildman–Crippen MR) is 92.3 cm³/mol. The van der Waals surface area contributed by atoms with Gasteiger partial charge in [0.15, 0.2) is 0 Å². The van der Waals surface area contributed by atoms with E-state index in [1.54, 1.807) is 0 Å². The van der Waals surface area contributed by atoms with Crippen LogP contribution in [0.4, 0.5) is 5.69 Å². The number of aromatic nitrogens is 2. The Hall–Kier alpha value is -1.81. The number of halogens is 1. The van der Waals surface area contributed by atoms with E-state index in [0.29, 0.717) is 0 Å². The highest BCUT2D eigenvalue weighted by molar-refractivity contribution is 9.10. The summed E-state index contributed by atoms with van der Waals surface area (Å²) in [7, 11) is 0. The highest BCUT2D eigenvalue weighted by atomic mass is 79.9. The van der Waals surface area contributed by atoms with Gasteiger partial charge in [0.2, 0.25) is 0 Å². The molecule has 3 rings (SSSR count). The van der Waals surface area contributed by atoms with Crippen LogP contribution in [0, 0.1) is 6.92 Å². The molecular weight excluding hydrogens is 326 g/mol. The first-order valence-electron chi connectivity index (χ1n) is 7.12. The second-order valence-electron chi connectivity index (χ2n) is 5.29. The third-order valence-electron chi connectivity index (χ3n) is 3.69. The quantitative estimate of drug-likeness (QED) is 0.696. The number of hydrogen-bond acceptors (Lipinski definition) is 2. The molecule has 108 valence electrons. The second kappa shape index (κ2) is 5.53. The van der Waals surface area contributed by atoms with Crippen molar-refractivity contribution in [3.63, 3.8) is 0 Å². The van der Waals surface area contributed by atoms with Gasteiger partial charge in [-0.2, -0.15) is 0 Å². The summed E-state index contributed by atoms with van der Waals surface area (Å²) >= 11 is 3.51. The average molecular weight is 344 g/mol. The highest BCUT2D eigenvalue weighted by Crippen LogP contribution is 2.29. The lowest BCUT2D eigenvalue weighted by molar-refractivity contribution is 0.704. The normalized spacial score (nSPS) is 11.2. The predicted octanol–water partition coefficient (Wildman–Crippen LogP) is 4.77. The second-order valence-corrected chi connectivity index (χ2v) is 6.21.